The molecule has 0 heterocycles. The highest BCUT2D eigenvalue weighted by Gasteiger charge is 2.27. The normalized spacial score (nSPS) is 13.8. The van der Waals surface area contributed by atoms with E-state index in [1.54, 1.807) is 0 Å². The molecule has 0 aliphatic heterocycles. The van der Waals surface area contributed by atoms with E-state index in [0.29, 0.717) is 6.61 Å². The molecule has 1 unspecified atom stereocenters. The van der Waals surface area contributed by atoms with E-state index in [1.165, 1.54) is 0 Å². The summed E-state index contributed by atoms with van der Waals surface area (Å²) in [4.78, 5) is 11.2. The first kappa shape index (κ1) is 15.5. The molecule has 0 saturated carbocycles. The van der Waals surface area contributed by atoms with Crippen molar-refractivity contribution in [3.8, 4) is 5.75 Å². The molecule has 0 spiro atoms. The van der Waals surface area contributed by atoms with Crippen LogP contribution < -0.4 is 15.8 Å². The van der Waals surface area contributed by atoms with Gasteiger partial charge in [0.15, 0.2) is 0 Å². The Labute approximate surface area is 115 Å². The number of rotatable bonds is 8. The van der Waals surface area contributed by atoms with Gasteiger partial charge >= 0.3 is 0 Å². The summed E-state index contributed by atoms with van der Waals surface area (Å²) in [6.07, 6.45) is 1.26. The minimum absolute atomic E-state index is 0.274. The second-order valence-corrected chi connectivity index (χ2v) is 4.88. The second-order valence-electron chi connectivity index (χ2n) is 4.88. The Morgan fingerprint density at radius 3 is 2.42 bits per heavy atom. The van der Waals surface area contributed by atoms with Crippen LogP contribution in [0.4, 0.5) is 0 Å². The summed E-state index contributed by atoms with van der Waals surface area (Å²) in [5, 5.41) is 3.33. The van der Waals surface area contributed by atoms with Crippen molar-refractivity contribution in [2.24, 2.45) is 5.73 Å². The van der Waals surface area contributed by atoms with E-state index in [-0.39, 0.29) is 12.3 Å². The van der Waals surface area contributed by atoms with Crippen LogP contribution in [0.15, 0.2) is 24.3 Å². The van der Waals surface area contributed by atoms with E-state index in [2.05, 4.69) is 12.2 Å². The molecule has 0 bridgehead atoms. The first-order valence-corrected chi connectivity index (χ1v) is 6.78. The lowest BCUT2D eigenvalue weighted by atomic mass is 9.88. The number of carbonyl (C=O) groups is 1. The van der Waals surface area contributed by atoms with Crippen LogP contribution in [0.5, 0.6) is 5.75 Å². The number of amides is 1. The van der Waals surface area contributed by atoms with Crippen molar-refractivity contribution >= 4 is 5.91 Å². The fourth-order valence-corrected chi connectivity index (χ4v) is 2.14. The summed E-state index contributed by atoms with van der Waals surface area (Å²) in [5.41, 5.74) is 5.95. The number of ether oxygens (including phenoxy) is 1. The molecule has 0 aliphatic rings. The molecule has 0 fully saturated rings. The maximum Gasteiger partial charge on any atom is 0.219 e. The van der Waals surface area contributed by atoms with Crippen LogP contribution in [-0.4, -0.2) is 19.1 Å². The third-order valence-electron chi connectivity index (χ3n) is 3.06. The molecule has 1 amide bonds. The molecule has 106 valence electrons. The van der Waals surface area contributed by atoms with Crippen LogP contribution in [0.25, 0.3) is 0 Å². The van der Waals surface area contributed by atoms with Gasteiger partial charge in [0.2, 0.25) is 5.91 Å². The van der Waals surface area contributed by atoms with E-state index in [0.717, 1.165) is 24.3 Å². The van der Waals surface area contributed by atoms with Crippen LogP contribution >= 0.6 is 0 Å². The quantitative estimate of drug-likeness (QED) is 0.756. The predicted octanol–water partition coefficient (Wildman–Crippen LogP) is 2.18. The fraction of sp³-hybridized carbons (Fsp3) is 0.533. The highest BCUT2D eigenvalue weighted by atomic mass is 16.5. The molecule has 1 aromatic rings. The van der Waals surface area contributed by atoms with E-state index < -0.39 is 5.54 Å². The number of benzene rings is 1. The smallest absolute Gasteiger partial charge is 0.219 e. The molecule has 0 radical (unpaired) electrons. The number of hydrogen-bond acceptors (Lipinski definition) is 3. The molecule has 19 heavy (non-hydrogen) atoms. The molecule has 3 N–H and O–H groups in total. The molecule has 0 saturated heterocycles. The molecule has 0 aliphatic carbocycles. The van der Waals surface area contributed by atoms with Crippen molar-refractivity contribution < 1.29 is 9.53 Å². The minimum atomic E-state index is -0.427. The number of nitrogens with one attached hydrogen (secondary N) is 1. The second kappa shape index (κ2) is 7.14. The molecular weight excluding hydrogens is 240 g/mol. The summed E-state index contributed by atoms with van der Waals surface area (Å²) in [5.74, 6) is 0.540. The van der Waals surface area contributed by atoms with Gasteiger partial charge in [0, 0.05) is 12.0 Å². The highest BCUT2D eigenvalue weighted by Crippen LogP contribution is 2.26. The molecule has 4 nitrogen and oxygen atoms in total. The summed E-state index contributed by atoms with van der Waals surface area (Å²) >= 11 is 0. The Hall–Kier alpha value is -1.55. The Morgan fingerprint density at radius 1 is 1.32 bits per heavy atom. The van der Waals surface area contributed by atoms with Crippen LogP contribution in [0, 0.1) is 0 Å². The molecule has 0 aromatic heterocycles. The number of hydrogen-bond donors (Lipinski definition) is 2. The van der Waals surface area contributed by atoms with Crippen molar-refractivity contribution in [3.05, 3.63) is 29.8 Å². The number of nitrogens with two attached hydrogens (primary N) is 1. The van der Waals surface area contributed by atoms with Gasteiger partial charge in [-0.05, 0) is 37.6 Å². The van der Waals surface area contributed by atoms with Gasteiger partial charge in [-0.1, -0.05) is 26.0 Å². The van der Waals surface area contributed by atoms with Gasteiger partial charge in [-0.3, -0.25) is 4.79 Å². The van der Waals surface area contributed by atoms with Crippen molar-refractivity contribution in [1.29, 1.82) is 0 Å². The minimum Gasteiger partial charge on any atom is -0.494 e. The van der Waals surface area contributed by atoms with Gasteiger partial charge in [0.05, 0.1) is 6.61 Å². The Morgan fingerprint density at radius 2 is 1.95 bits per heavy atom. The average Bonchev–Trinajstić information content (AvgIpc) is 2.36. The lowest BCUT2D eigenvalue weighted by Gasteiger charge is -2.30. The molecular formula is C15H24N2O2. The summed E-state index contributed by atoms with van der Waals surface area (Å²) in [6.45, 7) is 7.56. The Kier molecular flexibility index (Phi) is 5.83. The van der Waals surface area contributed by atoms with Gasteiger partial charge in [-0.15, -0.1) is 0 Å². The van der Waals surface area contributed by atoms with E-state index in [1.807, 2.05) is 38.1 Å². The number of primary amides is 1. The average molecular weight is 264 g/mol. The Bertz CT molecular complexity index is 403. The highest BCUT2D eigenvalue weighted by molar-refractivity contribution is 5.75. The first-order valence-electron chi connectivity index (χ1n) is 6.78. The van der Waals surface area contributed by atoms with E-state index in [4.69, 9.17) is 10.5 Å². The van der Waals surface area contributed by atoms with Crippen LogP contribution in [0.1, 0.15) is 39.2 Å². The molecule has 1 atom stereocenters. The topological polar surface area (TPSA) is 64.3 Å². The van der Waals surface area contributed by atoms with Crippen molar-refractivity contribution in [1.82, 2.24) is 5.32 Å². The van der Waals surface area contributed by atoms with Gasteiger partial charge in [0.25, 0.3) is 0 Å². The summed E-state index contributed by atoms with van der Waals surface area (Å²) in [6, 6.07) is 7.83. The predicted molar refractivity (Wildman–Crippen MR) is 77.1 cm³/mol. The summed E-state index contributed by atoms with van der Waals surface area (Å²) in [7, 11) is 0. The lowest BCUT2D eigenvalue weighted by Crippen LogP contribution is -2.42. The van der Waals surface area contributed by atoms with Gasteiger partial charge in [-0.25, -0.2) is 0 Å². The first-order chi connectivity index (χ1) is 9.01. The van der Waals surface area contributed by atoms with Crippen molar-refractivity contribution in [3.63, 3.8) is 0 Å². The SMILES string of the molecule is CCCOc1ccc(C(C)(CC(N)=O)NCC)cc1. The van der Waals surface area contributed by atoms with Crippen LogP contribution in [-0.2, 0) is 10.3 Å². The maximum atomic E-state index is 11.2. The monoisotopic (exact) mass is 264 g/mol. The third-order valence-corrected chi connectivity index (χ3v) is 3.06. The standard InChI is InChI=1S/C15H24N2O2/c1-4-10-19-13-8-6-12(7-9-13)15(3,17-5-2)11-14(16)18/h6-9,17H,4-5,10-11H2,1-3H3,(H2,16,18). The zero-order valence-corrected chi connectivity index (χ0v) is 12.0. The largest absolute Gasteiger partial charge is 0.494 e. The Balaban J connectivity index is 2.87. The molecule has 1 rings (SSSR count). The van der Waals surface area contributed by atoms with E-state index in [9.17, 15) is 4.79 Å². The number of carbonyl (C=O) groups excluding carboxylic acids is 1. The zero-order chi connectivity index (χ0) is 14.3. The van der Waals surface area contributed by atoms with Crippen molar-refractivity contribution in [2.45, 2.75) is 39.2 Å². The summed E-state index contributed by atoms with van der Waals surface area (Å²) < 4.78 is 5.55. The van der Waals surface area contributed by atoms with Gasteiger partial charge in [0.1, 0.15) is 5.75 Å². The maximum absolute atomic E-state index is 11.2. The fourth-order valence-electron chi connectivity index (χ4n) is 2.14. The zero-order valence-electron chi connectivity index (χ0n) is 12.0. The molecule has 1 aromatic carbocycles. The third kappa shape index (κ3) is 4.56. The van der Waals surface area contributed by atoms with Crippen LogP contribution in [0.2, 0.25) is 0 Å². The van der Waals surface area contributed by atoms with Gasteiger partial charge < -0.3 is 15.8 Å². The van der Waals surface area contributed by atoms with Crippen molar-refractivity contribution in [2.75, 3.05) is 13.2 Å². The van der Waals surface area contributed by atoms with Crippen LogP contribution in [0.3, 0.4) is 0 Å². The van der Waals surface area contributed by atoms with E-state index >= 15 is 0 Å². The lowest BCUT2D eigenvalue weighted by molar-refractivity contribution is -0.119. The van der Waals surface area contributed by atoms with Gasteiger partial charge in [-0.2, -0.15) is 0 Å². The molecule has 4 heteroatoms.